The second kappa shape index (κ2) is 5.79. The minimum atomic E-state index is -0.324. The largest absolute Gasteiger partial charge is 0.342 e. The molecule has 5 heteroatoms. The molecule has 4 nitrogen and oxygen atoms in total. The Morgan fingerprint density at radius 3 is 2.71 bits per heavy atom. The van der Waals surface area contributed by atoms with Crippen LogP contribution >= 0.6 is 11.3 Å². The zero-order valence-corrected chi connectivity index (χ0v) is 13.4. The summed E-state index contributed by atoms with van der Waals surface area (Å²) in [5.74, 6) is 0.872. The van der Waals surface area contributed by atoms with Crippen molar-refractivity contribution in [1.82, 2.24) is 10.2 Å². The van der Waals surface area contributed by atoms with E-state index in [2.05, 4.69) is 19.2 Å². The molecular weight excluding hydrogens is 284 g/mol. The van der Waals surface area contributed by atoms with E-state index < -0.39 is 0 Å². The molecule has 0 aromatic carbocycles. The van der Waals surface area contributed by atoms with E-state index in [-0.39, 0.29) is 23.9 Å². The van der Waals surface area contributed by atoms with Gasteiger partial charge in [0.1, 0.15) is 12.1 Å². The van der Waals surface area contributed by atoms with Crippen LogP contribution in [-0.4, -0.2) is 28.8 Å². The van der Waals surface area contributed by atoms with Crippen LogP contribution in [0.2, 0.25) is 0 Å². The molecule has 2 heterocycles. The number of nitrogens with zero attached hydrogens (tertiary/aromatic N) is 1. The highest BCUT2D eigenvalue weighted by atomic mass is 32.1. The lowest BCUT2D eigenvalue weighted by atomic mass is 9.96. The van der Waals surface area contributed by atoms with Crippen molar-refractivity contribution in [2.24, 2.45) is 11.8 Å². The maximum atomic E-state index is 12.8. The summed E-state index contributed by atoms with van der Waals surface area (Å²) in [7, 11) is 0. The van der Waals surface area contributed by atoms with Crippen molar-refractivity contribution in [2.45, 2.75) is 51.7 Å². The van der Waals surface area contributed by atoms with Gasteiger partial charge in [0.15, 0.2) is 0 Å². The van der Waals surface area contributed by atoms with Gasteiger partial charge >= 0.3 is 0 Å². The van der Waals surface area contributed by atoms with Gasteiger partial charge in [-0.3, -0.25) is 9.59 Å². The molecule has 0 bridgehead atoms. The van der Waals surface area contributed by atoms with E-state index in [1.165, 1.54) is 0 Å². The summed E-state index contributed by atoms with van der Waals surface area (Å²) in [4.78, 5) is 28.2. The van der Waals surface area contributed by atoms with E-state index in [0.717, 1.165) is 24.1 Å². The predicted octanol–water partition coefficient (Wildman–Crippen LogP) is 2.40. The number of carbonyl (C=O) groups is 2. The number of nitrogens with one attached hydrogen (secondary N) is 1. The highest BCUT2D eigenvalue weighted by Crippen LogP contribution is 2.36. The molecule has 1 aromatic heterocycles. The smallest absolute Gasteiger partial charge is 0.246 e. The molecule has 114 valence electrons. The van der Waals surface area contributed by atoms with E-state index in [0.29, 0.717) is 18.4 Å². The molecule has 0 radical (unpaired) electrons. The summed E-state index contributed by atoms with van der Waals surface area (Å²) >= 11 is 1.64. The molecule has 1 aliphatic carbocycles. The Bertz CT molecular complexity index is 522. The predicted molar refractivity (Wildman–Crippen MR) is 82.8 cm³/mol. The van der Waals surface area contributed by atoms with Crippen LogP contribution in [0.15, 0.2) is 17.5 Å². The monoisotopic (exact) mass is 306 g/mol. The van der Waals surface area contributed by atoms with Crippen LogP contribution in [0.1, 0.15) is 38.0 Å². The minimum Gasteiger partial charge on any atom is -0.342 e. The number of carbonyl (C=O) groups excluding carboxylic acids is 2. The maximum absolute atomic E-state index is 12.8. The lowest BCUT2D eigenvalue weighted by Crippen LogP contribution is -2.63. The topological polar surface area (TPSA) is 49.4 Å². The lowest BCUT2D eigenvalue weighted by molar-refractivity contribution is -0.151. The zero-order valence-electron chi connectivity index (χ0n) is 12.5. The Morgan fingerprint density at radius 2 is 2.14 bits per heavy atom. The molecule has 2 aliphatic rings. The van der Waals surface area contributed by atoms with Crippen molar-refractivity contribution >= 4 is 23.2 Å². The molecule has 1 aliphatic heterocycles. The van der Waals surface area contributed by atoms with Crippen LogP contribution in [0.5, 0.6) is 0 Å². The number of amides is 2. The van der Waals surface area contributed by atoms with E-state index in [4.69, 9.17) is 0 Å². The highest BCUT2D eigenvalue weighted by Gasteiger charge is 2.46. The summed E-state index contributed by atoms with van der Waals surface area (Å²) < 4.78 is 0. The van der Waals surface area contributed by atoms with Gasteiger partial charge in [0.25, 0.3) is 0 Å². The second-order valence-electron chi connectivity index (χ2n) is 6.51. The van der Waals surface area contributed by atoms with Gasteiger partial charge < -0.3 is 10.2 Å². The number of hydrogen-bond donors (Lipinski definition) is 1. The van der Waals surface area contributed by atoms with E-state index in [9.17, 15) is 9.59 Å². The summed E-state index contributed by atoms with van der Waals surface area (Å²) in [5.41, 5.74) is 0. The second-order valence-corrected chi connectivity index (χ2v) is 7.55. The van der Waals surface area contributed by atoms with Gasteiger partial charge in [-0.2, -0.15) is 0 Å². The van der Waals surface area contributed by atoms with Crippen molar-refractivity contribution in [3.05, 3.63) is 22.4 Å². The summed E-state index contributed by atoms with van der Waals surface area (Å²) in [6.45, 7) is 4.74. The average Bonchev–Trinajstić information content (AvgIpc) is 3.14. The summed E-state index contributed by atoms with van der Waals surface area (Å²) in [6, 6.07) is 3.41. The van der Waals surface area contributed by atoms with Crippen LogP contribution in [0.3, 0.4) is 0 Å². The zero-order chi connectivity index (χ0) is 15.0. The van der Waals surface area contributed by atoms with Crippen LogP contribution in [0.4, 0.5) is 0 Å². The van der Waals surface area contributed by atoms with Gasteiger partial charge in [-0.15, -0.1) is 11.3 Å². The van der Waals surface area contributed by atoms with E-state index in [1.807, 2.05) is 22.4 Å². The van der Waals surface area contributed by atoms with Crippen molar-refractivity contribution in [3.63, 3.8) is 0 Å². The molecule has 1 saturated carbocycles. The van der Waals surface area contributed by atoms with Gasteiger partial charge in [-0.1, -0.05) is 19.9 Å². The highest BCUT2D eigenvalue weighted by molar-refractivity contribution is 7.09. The van der Waals surface area contributed by atoms with Crippen LogP contribution < -0.4 is 5.32 Å². The number of hydrogen-bond acceptors (Lipinski definition) is 3. The van der Waals surface area contributed by atoms with Gasteiger partial charge in [-0.25, -0.2) is 0 Å². The number of rotatable bonds is 5. The molecule has 2 amide bonds. The minimum absolute atomic E-state index is 0.0248. The first-order valence-electron chi connectivity index (χ1n) is 7.69. The lowest BCUT2D eigenvalue weighted by Gasteiger charge is -2.39. The fraction of sp³-hybridized carbons (Fsp3) is 0.625. The van der Waals surface area contributed by atoms with Gasteiger partial charge in [-0.05, 0) is 42.5 Å². The third kappa shape index (κ3) is 3.12. The average molecular weight is 306 g/mol. The van der Waals surface area contributed by atoms with Crippen LogP contribution in [0.25, 0.3) is 0 Å². The third-order valence-corrected chi connectivity index (χ3v) is 5.08. The first-order valence-corrected chi connectivity index (χ1v) is 8.57. The maximum Gasteiger partial charge on any atom is 0.246 e. The Labute approximate surface area is 129 Å². The Kier molecular flexibility index (Phi) is 4.02. The molecule has 3 rings (SSSR count). The van der Waals surface area contributed by atoms with Crippen molar-refractivity contribution < 1.29 is 9.59 Å². The quantitative estimate of drug-likeness (QED) is 0.908. The molecule has 21 heavy (non-hydrogen) atoms. The summed E-state index contributed by atoms with van der Waals surface area (Å²) in [5, 5.41) is 4.98. The van der Waals surface area contributed by atoms with Gasteiger partial charge in [0.05, 0.1) is 6.54 Å². The van der Waals surface area contributed by atoms with Crippen molar-refractivity contribution in [2.75, 3.05) is 0 Å². The first-order chi connectivity index (χ1) is 10.1. The van der Waals surface area contributed by atoms with E-state index >= 15 is 0 Å². The molecule has 1 aromatic rings. The molecule has 1 N–H and O–H groups in total. The van der Waals surface area contributed by atoms with Crippen LogP contribution in [0, 0.1) is 11.8 Å². The van der Waals surface area contributed by atoms with Crippen LogP contribution in [-0.2, 0) is 16.1 Å². The van der Waals surface area contributed by atoms with E-state index in [1.54, 1.807) is 11.3 Å². The SMILES string of the molecule is CC(C)CC1C(=O)NC(C2CC2)C(=O)N1Cc1cccs1. The Morgan fingerprint density at radius 1 is 1.38 bits per heavy atom. The normalized spacial score (nSPS) is 26.3. The van der Waals surface area contributed by atoms with Crippen molar-refractivity contribution in [3.8, 4) is 0 Å². The molecule has 2 fully saturated rings. The fourth-order valence-corrected chi connectivity index (χ4v) is 3.68. The number of piperazine rings is 1. The first kappa shape index (κ1) is 14.6. The van der Waals surface area contributed by atoms with Crippen molar-refractivity contribution in [1.29, 1.82) is 0 Å². The summed E-state index contributed by atoms with van der Waals surface area (Å²) in [6.07, 6.45) is 2.83. The molecule has 1 saturated heterocycles. The Balaban J connectivity index is 1.82. The molecule has 2 unspecified atom stereocenters. The van der Waals surface area contributed by atoms with Gasteiger partial charge in [0, 0.05) is 4.88 Å². The Hall–Kier alpha value is -1.36. The molecule has 2 atom stereocenters. The third-order valence-electron chi connectivity index (χ3n) is 4.22. The number of thiophene rings is 1. The standard InChI is InChI=1S/C16H22N2O2S/c1-10(2)8-13-15(19)17-14(11-5-6-11)16(20)18(13)9-12-4-3-7-21-12/h3-4,7,10-11,13-14H,5-6,8-9H2,1-2H3,(H,17,19). The molecule has 0 spiro atoms. The fourth-order valence-electron chi connectivity index (χ4n) is 2.97. The van der Waals surface area contributed by atoms with Gasteiger partial charge in [0.2, 0.25) is 11.8 Å². The molecular formula is C16H22N2O2S.